The fourth-order valence-electron chi connectivity index (χ4n) is 3.24. The van der Waals surface area contributed by atoms with Crippen molar-refractivity contribution in [1.29, 1.82) is 0 Å². The molecule has 1 amide bonds. The van der Waals surface area contributed by atoms with Gasteiger partial charge in [-0.05, 0) is 39.7 Å². The first-order valence-electron chi connectivity index (χ1n) is 7.40. The van der Waals surface area contributed by atoms with E-state index in [-0.39, 0.29) is 12.5 Å². The molecule has 2 heterocycles. The quantitative estimate of drug-likeness (QED) is 0.829. The van der Waals surface area contributed by atoms with Crippen LogP contribution >= 0.6 is 0 Å². The Bertz CT molecular complexity index is 629. The minimum atomic E-state index is -0.717. The lowest BCUT2D eigenvalue weighted by Gasteiger charge is -2.40. The summed E-state index contributed by atoms with van der Waals surface area (Å²) in [5.41, 5.74) is -0.517. The average molecular weight is 304 g/mol. The van der Waals surface area contributed by atoms with E-state index in [0.717, 1.165) is 5.56 Å². The zero-order valence-corrected chi connectivity index (χ0v) is 13.0. The molecule has 6 heteroatoms. The van der Waals surface area contributed by atoms with Gasteiger partial charge in [0.25, 0.3) is 0 Å². The predicted molar refractivity (Wildman–Crippen MR) is 79.4 cm³/mol. The molecule has 0 unspecified atom stereocenters. The molecule has 1 N–H and O–H groups in total. The molecule has 1 saturated carbocycles. The Hall–Kier alpha value is -1.95. The molecule has 1 aliphatic carbocycles. The van der Waals surface area contributed by atoms with Crippen LogP contribution in [-0.2, 0) is 19.7 Å². The van der Waals surface area contributed by atoms with Gasteiger partial charge in [0.1, 0.15) is 18.0 Å². The zero-order valence-electron chi connectivity index (χ0n) is 13.0. The number of esters is 1. The largest absolute Gasteiger partial charge is 0.459 e. The summed E-state index contributed by atoms with van der Waals surface area (Å²) in [7, 11) is 0. The molecule has 1 aliphatic heterocycles. The number of fused-ring (bicyclic) bond motifs is 2. The minimum Gasteiger partial charge on any atom is -0.459 e. The molecular formula is C16H20N2O4. The van der Waals surface area contributed by atoms with Crippen molar-refractivity contribution < 1.29 is 19.4 Å². The summed E-state index contributed by atoms with van der Waals surface area (Å²) >= 11 is 0. The third-order valence-corrected chi connectivity index (χ3v) is 4.09. The summed E-state index contributed by atoms with van der Waals surface area (Å²) in [5.74, 6) is -0.128. The van der Waals surface area contributed by atoms with Gasteiger partial charge in [0, 0.05) is 11.8 Å². The van der Waals surface area contributed by atoms with Crippen molar-refractivity contribution in [3.63, 3.8) is 0 Å². The number of hydrogen-bond acceptors (Lipinski definition) is 5. The van der Waals surface area contributed by atoms with E-state index in [4.69, 9.17) is 4.74 Å². The molecule has 2 aliphatic rings. The second kappa shape index (κ2) is 4.78. The monoisotopic (exact) mass is 304 g/mol. The Morgan fingerprint density at radius 1 is 1.50 bits per heavy atom. The van der Waals surface area contributed by atoms with Crippen LogP contribution < -0.4 is 4.90 Å². The number of carbonyl (C=O) groups is 2. The molecule has 1 fully saturated rings. The van der Waals surface area contributed by atoms with Crippen LogP contribution in [0.25, 0.3) is 0 Å². The molecule has 1 aromatic rings. The highest BCUT2D eigenvalue weighted by Crippen LogP contribution is 2.52. The number of aliphatic hydroxyl groups excluding tert-OH is 1. The standard InChI is InChI=1S/C16H20N2O4/c1-15(2,3)22-12(20)9-18-13-11(5-4-6-17-13)16(14(18)21)7-10(19)8-16/h4-6,10,19H,7-9H2,1-3H3. The first-order chi connectivity index (χ1) is 10.2. The van der Waals surface area contributed by atoms with Crippen molar-refractivity contribution in [2.75, 3.05) is 11.4 Å². The molecule has 1 aromatic heterocycles. The SMILES string of the molecule is CC(C)(C)OC(=O)CN1C(=O)C2(CC(O)C2)c2cccnc21. The van der Waals surface area contributed by atoms with E-state index >= 15 is 0 Å². The van der Waals surface area contributed by atoms with E-state index in [1.54, 1.807) is 33.0 Å². The highest BCUT2D eigenvalue weighted by molar-refractivity contribution is 6.10. The minimum absolute atomic E-state index is 0.155. The zero-order chi connectivity index (χ0) is 16.1. The lowest BCUT2D eigenvalue weighted by Crippen LogP contribution is -2.52. The summed E-state index contributed by atoms with van der Waals surface area (Å²) in [6.45, 7) is 5.20. The molecule has 3 rings (SSSR count). The molecular weight excluding hydrogens is 284 g/mol. The predicted octanol–water partition coefficient (Wildman–Crippen LogP) is 1.16. The number of aliphatic hydroxyl groups is 1. The topological polar surface area (TPSA) is 79.7 Å². The summed E-state index contributed by atoms with van der Waals surface area (Å²) in [4.78, 5) is 30.5. The van der Waals surface area contributed by atoms with Crippen LogP contribution in [-0.4, -0.2) is 40.2 Å². The van der Waals surface area contributed by atoms with Gasteiger partial charge >= 0.3 is 5.97 Å². The van der Waals surface area contributed by atoms with Crippen molar-refractivity contribution in [2.24, 2.45) is 0 Å². The van der Waals surface area contributed by atoms with Gasteiger partial charge in [-0.2, -0.15) is 0 Å². The van der Waals surface area contributed by atoms with Crippen LogP contribution in [0.4, 0.5) is 5.82 Å². The Balaban J connectivity index is 1.87. The number of ether oxygens (including phenoxy) is 1. The van der Waals surface area contributed by atoms with Gasteiger partial charge < -0.3 is 9.84 Å². The van der Waals surface area contributed by atoms with Gasteiger partial charge in [-0.3, -0.25) is 14.5 Å². The third-order valence-electron chi connectivity index (χ3n) is 4.09. The van der Waals surface area contributed by atoms with Crippen molar-refractivity contribution in [2.45, 2.75) is 50.7 Å². The van der Waals surface area contributed by atoms with Gasteiger partial charge in [0.15, 0.2) is 0 Å². The van der Waals surface area contributed by atoms with Crippen LogP contribution in [0.5, 0.6) is 0 Å². The average Bonchev–Trinajstić information content (AvgIpc) is 2.60. The molecule has 6 nitrogen and oxygen atoms in total. The van der Waals surface area contributed by atoms with Crippen molar-refractivity contribution in [3.05, 3.63) is 23.9 Å². The second-order valence-corrected chi connectivity index (χ2v) is 7.00. The molecule has 0 atom stereocenters. The third kappa shape index (κ3) is 2.27. The Morgan fingerprint density at radius 3 is 2.77 bits per heavy atom. The van der Waals surface area contributed by atoms with E-state index in [0.29, 0.717) is 18.7 Å². The lowest BCUT2D eigenvalue weighted by atomic mass is 9.63. The second-order valence-electron chi connectivity index (χ2n) is 7.00. The molecule has 22 heavy (non-hydrogen) atoms. The number of carbonyl (C=O) groups excluding carboxylic acids is 2. The highest BCUT2D eigenvalue weighted by atomic mass is 16.6. The van der Waals surface area contributed by atoms with Crippen molar-refractivity contribution in [1.82, 2.24) is 4.98 Å². The fraction of sp³-hybridized carbons (Fsp3) is 0.562. The number of hydrogen-bond donors (Lipinski definition) is 1. The van der Waals surface area contributed by atoms with Crippen LogP contribution in [0.3, 0.4) is 0 Å². The maximum absolute atomic E-state index is 12.8. The summed E-state index contributed by atoms with van der Waals surface area (Å²) in [6, 6.07) is 3.62. The van der Waals surface area contributed by atoms with Crippen LogP contribution in [0.1, 0.15) is 39.2 Å². The molecule has 118 valence electrons. The summed E-state index contributed by atoms with van der Waals surface area (Å²) in [5, 5.41) is 9.66. The van der Waals surface area contributed by atoms with Gasteiger partial charge in [-0.1, -0.05) is 6.07 Å². The summed E-state index contributed by atoms with van der Waals surface area (Å²) < 4.78 is 5.29. The number of rotatable bonds is 2. The maximum atomic E-state index is 12.8. The number of amides is 1. The van der Waals surface area contributed by atoms with E-state index in [1.807, 2.05) is 6.07 Å². The highest BCUT2D eigenvalue weighted by Gasteiger charge is 2.59. The Labute approximate surface area is 129 Å². The number of anilines is 1. The van der Waals surface area contributed by atoms with Crippen LogP contribution in [0, 0.1) is 0 Å². The first-order valence-corrected chi connectivity index (χ1v) is 7.40. The van der Waals surface area contributed by atoms with E-state index in [9.17, 15) is 14.7 Å². The number of nitrogens with zero attached hydrogens (tertiary/aromatic N) is 2. The molecule has 1 spiro atoms. The number of pyridine rings is 1. The molecule has 0 aromatic carbocycles. The Morgan fingerprint density at radius 2 is 2.18 bits per heavy atom. The van der Waals surface area contributed by atoms with E-state index in [2.05, 4.69) is 4.98 Å². The van der Waals surface area contributed by atoms with Gasteiger partial charge in [0.2, 0.25) is 5.91 Å². The van der Waals surface area contributed by atoms with E-state index in [1.165, 1.54) is 4.90 Å². The lowest BCUT2D eigenvalue weighted by molar-refractivity contribution is -0.154. The van der Waals surface area contributed by atoms with E-state index < -0.39 is 23.1 Å². The van der Waals surface area contributed by atoms with Gasteiger partial charge in [0.05, 0.1) is 11.5 Å². The summed E-state index contributed by atoms with van der Waals surface area (Å²) in [6.07, 6.45) is 1.89. The van der Waals surface area contributed by atoms with Crippen molar-refractivity contribution in [3.8, 4) is 0 Å². The normalized spacial score (nSPS) is 26.8. The van der Waals surface area contributed by atoms with Crippen LogP contribution in [0.2, 0.25) is 0 Å². The molecule has 0 bridgehead atoms. The van der Waals surface area contributed by atoms with Gasteiger partial charge in [-0.15, -0.1) is 0 Å². The maximum Gasteiger partial charge on any atom is 0.326 e. The van der Waals surface area contributed by atoms with Gasteiger partial charge in [-0.25, -0.2) is 4.98 Å². The molecule has 0 saturated heterocycles. The fourth-order valence-corrected chi connectivity index (χ4v) is 3.24. The van der Waals surface area contributed by atoms with Crippen molar-refractivity contribution >= 4 is 17.7 Å². The Kier molecular flexibility index (Phi) is 3.25. The van der Waals surface area contributed by atoms with Crippen LogP contribution in [0.15, 0.2) is 18.3 Å². The number of aromatic nitrogens is 1. The smallest absolute Gasteiger partial charge is 0.326 e. The molecule has 0 radical (unpaired) electrons. The first kappa shape index (κ1) is 15.0.